The molecule has 1 aliphatic heterocycles. The van der Waals surface area contributed by atoms with E-state index >= 15 is 0 Å². The standard InChI is InChI=1S/C37H67N5O4/c1-26(7-10-33(44)40-25-34(45)46-4)29-8-9-30-35-31(12-14-37(29,30)3)36(2)13-11-28(23-27(36)24-32(35)43)39-16-6-18-42-21-19-41(20-22-42)17-5-15-38/h26-32,35,39,43H,5-25,38H2,1-4H3,(H,40,44)/t26-,27+,28+,29-,30+,31+,32-,35+,36+,37-/m1/s1. The Morgan fingerprint density at radius 3 is 2.33 bits per heavy atom. The van der Waals surface area contributed by atoms with E-state index in [-0.39, 0.29) is 24.0 Å². The molecule has 1 saturated heterocycles. The molecule has 4 aliphatic carbocycles. The fourth-order valence-corrected chi connectivity index (χ4v) is 11.4. The van der Waals surface area contributed by atoms with Crippen molar-refractivity contribution in [3.8, 4) is 0 Å². The molecule has 0 aromatic heterocycles. The summed E-state index contributed by atoms with van der Waals surface area (Å²) in [6.45, 7) is 16.3. The molecule has 0 aromatic carbocycles. The first kappa shape index (κ1) is 36.0. The predicted octanol–water partition coefficient (Wildman–Crippen LogP) is 3.64. The van der Waals surface area contributed by atoms with Crippen LogP contribution in [0.15, 0.2) is 0 Å². The normalized spacial score (nSPS) is 38.8. The molecule has 0 unspecified atom stereocenters. The SMILES string of the molecule is COC(=O)CNC(=O)CC[C@@H](C)[C@H]1CC[C@H]2[C@@H]3[C@H](O)C[C@@H]4C[C@@H](NCCCN5CCN(CCCN)CC5)CC[C@]4(C)[C@H]3CC[C@]12C. The van der Waals surface area contributed by atoms with E-state index in [4.69, 9.17) is 5.73 Å². The van der Waals surface area contributed by atoms with Gasteiger partial charge in [0.1, 0.15) is 6.54 Å². The van der Waals surface area contributed by atoms with Gasteiger partial charge in [-0.25, -0.2) is 0 Å². The van der Waals surface area contributed by atoms with Crippen molar-refractivity contribution in [2.24, 2.45) is 52.1 Å². The zero-order valence-electron chi connectivity index (χ0n) is 29.6. The minimum Gasteiger partial charge on any atom is -0.468 e. The summed E-state index contributed by atoms with van der Waals surface area (Å²) >= 11 is 0. The summed E-state index contributed by atoms with van der Waals surface area (Å²) < 4.78 is 4.64. The van der Waals surface area contributed by atoms with Crippen LogP contribution in [0.5, 0.6) is 0 Å². The van der Waals surface area contributed by atoms with Crippen molar-refractivity contribution in [3.63, 3.8) is 0 Å². The minimum absolute atomic E-state index is 0.0568. The van der Waals surface area contributed by atoms with Gasteiger partial charge in [-0.05, 0) is 143 Å². The molecule has 4 saturated carbocycles. The van der Waals surface area contributed by atoms with Gasteiger partial charge in [-0.15, -0.1) is 0 Å². The number of nitrogens with zero attached hydrogens (tertiary/aromatic N) is 2. The number of ether oxygens (including phenoxy) is 1. The topological polar surface area (TPSA) is 120 Å². The summed E-state index contributed by atoms with van der Waals surface area (Å²) in [5.74, 6) is 2.80. The van der Waals surface area contributed by atoms with E-state index in [9.17, 15) is 14.7 Å². The number of rotatable bonds is 14. The predicted molar refractivity (Wildman–Crippen MR) is 183 cm³/mol. The number of fused-ring (bicyclic) bond motifs is 5. The van der Waals surface area contributed by atoms with Gasteiger partial charge < -0.3 is 36.0 Å². The summed E-state index contributed by atoms with van der Waals surface area (Å²) in [6, 6.07) is 0.588. The third kappa shape index (κ3) is 7.96. The van der Waals surface area contributed by atoms with Crippen molar-refractivity contribution in [1.82, 2.24) is 20.4 Å². The van der Waals surface area contributed by atoms with Crippen molar-refractivity contribution >= 4 is 11.9 Å². The quantitative estimate of drug-likeness (QED) is 0.167. The number of carbonyl (C=O) groups is 2. The second-order valence-corrected chi connectivity index (χ2v) is 16.5. The second-order valence-electron chi connectivity index (χ2n) is 16.5. The van der Waals surface area contributed by atoms with Gasteiger partial charge in [-0.2, -0.15) is 0 Å². The third-order valence-corrected chi connectivity index (χ3v) is 14.2. The maximum atomic E-state index is 12.4. The van der Waals surface area contributed by atoms with E-state index in [1.54, 1.807) is 0 Å². The summed E-state index contributed by atoms with van der Waals surface area (Å²) in [6.07, 6.45) is 13.1. The molecule has 9 nitrogen and oxygen atoms in total. The van der Waals surface area contributed by atoms with Gasteiger partial charge in [0, 0.05) is 38.6 Å². The minimum atomic E-state index is -0.411. The Hall–Kier alpha value is -1.26. The number of hydrogen-bond donors (Lipinski definition) is 4. The molecular formula is C37H67N5O4. The monoisotopic (exact) mass is 646 g/mol. The van der Waals surface area contributed by atoms with Crippen LogP contribution in [0.4, 0.5) is 0 Å². The van der Waals surface area contributed by atoms with Crippen LogP contribution in [0, 0.1) is 46.3 Å². The van der Waals surface area contributed by atoms with Gasteiger partial charge >= 0.3 is 5.97 Å². The van der Waals surface area contributed by atoms with Gasteiger partial charge in [0.05, 0.1) is 13.2 Å². The van der Waals surface area contributed by atoms with Crippen LogP contribution >= 0.6 is 0 Å². The number of esters is 1. The van der Waals surface area contributed by atoms with Gasteiger partial charge in [-0.3, -0.25) is 9.59 Å². The number of aliphatic hydroxyl groups excluding tert-OH is 1. The summed E-state index contributed by atoms with van der Waals surface area (Å²) in [5, 5.41) is 18.5. The number of piperazine rings is 1. The highest BCUT2D eigenvalue weighted by molar-refractivity contribution is 5.81. The van der Waals surface area contributed by atoms with E-state index in [1.807, 2.05) is 0 Å². The Balaban J connectivity index is 1.08. The van der Waals surface area contributed by atoms with Crippen molar-refractivity contribution in [1.29, 1.82) is 0 Å². The highest BCUT2D eigenvalue weighted by atomic mass is 16.5. The molecule has 5 fully saturated rings. The molecule has 5 rings (SSSR count). The van der Waals surface area contributed by atoms with Gasteiger partial charge in [0.25, 0.3) is 0 Å². The lowest BCUT2D eigenvalue weighted by Crippen LogP contribution is -2.59. The highest BCUT2D eigenvalue weighted by Gasteiger charge is 2.62. The Labute approximate surface area is 279 Å². The lowest BCUT2D eigenvalue weighted by atomic mass is 9.43. The molecule has 264 valence electrons. The van der Waals surface area contributed by atoms with Gasteiger partial charge in [0.15, 0.2) is 0 Å². The van der Waals surface area contributed by atoms with E-state index < -0.39 is 5.97 Å². The highest BCUT2D eigenvalue weighted by Crippen LogP contribution is 2.68. The van der Waals surface area contributed by atoms with Gasteiger partial charge in [-0.1, -0.05) is 20.8 Å². The molecule has 9 heteroatoms. The molecule has 0 radical (unpaired) electrons. The summed E-state index contributed by atoms with van der Waals surface area (Å²) in [7, 11) is 1.34. The van der Waals surface area contributed by atoms with E-state index in [2.05, 4.69) is 45.9 Å². The number of carbonyl (C=O) groups excluding carboxylic acids is 2. The van der Waals surface area contributed by atoms with Crippen LogP contribution in [0.3, 0.4) is 0 Å². The van der Waals surface area contributed by atoms with Crippen molar-refractivity contribution in [2.45, 2.75) is 110 Å². The maximum absolute atomic E-state index is 12.4. The molecule has 5 N–H and O–H groups in total. The van der Waals surface area contributed by atoms with Crippen LogP contribution in [0.25, 0.3) is 0 Å². The molecule has 0 aromatic rings. The molecule has 0 bridgehead atoms. The Bertz CT molecular complexity index is 1010. The first-order chi connectivity index (χ1) is 22.1. The fraction of sp³-hybridized carbons (Fsp3) is 0.946. The fourth-order valence-electron chi connectivity index (χ4n) is 11.4. The Morgan fingerprint density at radius 1 is 0.957 bits per heavy atom. The first-order valence-electron chi connectivity index (χ1n) is 19.0. The average molecular weight is 646 g/mol. The lowest BCUT2D eigenvalue weighted by Gasteiger charge is -2.62. The van der Waals surface area contributed by atoms with Crippen molar-refractivity contribution in [3.05, 3.63) is 0 Å². The summed E-state index contributed by atoms with van der Waals surface area (Å²) in [4.78, 5) is 29.0. The van der Waals surface area contributed by atoms with Crippen molar-refractivity contribution in [2.75, 3.05) is 66.0 Å². The van der Waals surface area contributed by atoms with Crippen LogP contribution in [0.2, 0.25) is 0 Å². The zero-order chi connectivity index (χ0) is 32.9. The van der Waals surface area contributed by atoms with Gasteiger partial charge in [0.2, 0.25) is 5.91 Å². The number of amides is 1. The molecule has 1 amide bonds. The lowest BCUT2D eigenvalue weighted by molar-refractivity contribution is -0.167. The van der Waals surface area contributed by atoms with E-state index in [0.29, 0.717) is 53.4 Å². The average Bonchev–Trinajstić information content (AvgIpc) is 3.41. The second kappa shape index (κ2) is 16.0. The molecule has 1 heterocycles. The van der Waals surface area contributed by atoms with E-state index in [0.717, 1.165) is 38.9 Å². The number of nitrogens with one attached hydrogen (secondary N) is 2. The van der Waals surface area contributed by atoms with Crippen LogP contribution < -0.4 is 16.4 Å². The summed E-state index contributed by atoms with van der Waals surface area (Å²) in [5.41, 5.74) is 6.27. The number of methoxy groups -OCH3 is 1. The zero-order valence-corrected chi connectivity index (χ0v) is 29.6. The molecular weight excluding hydrogens is 578 g/mol. The smallest absolute Gasteiger partial charge is 0.325 e. The molecule has 46 heavy (non-hydrogen) atoms. The van der Waals surface area contributed by atoms with Crippen molar-refractivity contribution < 1.29 is 19.4 Å². The van der Waals surface area contributed by atoms with Crippen LogP contribution in [-0.2, 0) is 14.3 Å². The molecule has 5 aliphatic rings. The first-order valence-corrected chi connectivity index (χ1v) is 19.0. The number of hydrogen-bond acceptors (Lipinski definition) is 8. The number of aliphatic hydroxyl groups is 1. The largest absolute Gasteiger partial charge is 0.468 e. The molecule has 10 atom stereocenters. The van der Waals surface area contributed by atoms with Crippen LogP contribution in [-0.4, -0.2) is 105 Å². The number of nitrogens with two attached hydrogens (primary N) is 1. The molecule has 0 spiro atoms. The Morgan fingerprint density at radius 2 is 1.63 bits per heavy atom. The third-order valence-electron chi connectivity index (χ3n) is 14.2. The van der Waals surface area contributed by atoms with E-state index in [1.165, 1.54) is 91.2 Å². The maximum Gasteiger partial charge on any atom is 0.325 e. The Kier molecular flexibility index (Phi) is 12.5. The van der Waals surface area contributed by atoms with Crippen LogP contribution in [0.1, 0.15) is 97.8 Å².